The minimum absolute atomic E-state index is 0.240. The van der Waals surface area contributed by atoms with Gasteiger partial charge in [-0.25, -0.2) is 14.4 Å². The highest BCUT2D eigenvalue weighted by atomic mass is 19.1. The Morgan fingerprint density at radius 3 is 2.76 bits per heavy atom. The number of benzene rings is 1. The fourth-order valence-electron chi connectivity index (χ4n) is 3.39. The van der Waals surface area contributed by atoms with E-state index in [1.54, 1.807) is 6.07 Å². The first-order valence-corrected chi connectivity index (χ1v) is 8.52. The van der Waals surface area contributed by atoms with Gasteiger partial charge < -0.3 is 14.6 Å². The molecule has 6 heteroatoms. The first kappa shape index (κ1) is 16.0. The molecule has 1 aliphatic heterocycles. The standard InChI is InChI=1S/C19H21FN4O/c1-24-7-5-12(6-8-24)19-21-11-17-16(23-19)10-15(22-17)13-3-4-18(25-2)14(20)9-13/h3-4,9-12,22H,5-8H2,1-2H3. The Labute approximate surface area is 145 Å². The number of nitrogens with one attached hydrogen (secondary N) is 1. The van der Waals surface area contributed by atoms with Gasteiger partial charge in [0.1, 0.15) is 5.82 Å². The third-order valence-corrected chi connectivity index (χ3v) is 4.93. The molecule has 0 amide bonds. The van der Waals surface area contributed by atoms with Crippen LogP contribution in [0.2, 0.25) is 0 Å². The fourth-order valence-corrected chi connectivity index (χ4v) is 3.39. The zero-order chi connectivity index (χ0) is 17.4. The van der Waals surface area contributed by atoms with Gasteiger partial charge in [-0.3, -0.25) is 0 Å². The van der Waals surface area contributed by atoms with Gasteiger partial charge in [-0.1, -0.05) is 0 Å². The number of H-pyrrole nitrogens is 1. The summed E-state index contributed by atoms with van der Waals surface area (Å²) in [6.07, 6.45) is 4.01. The van der Waals surface area contributed by atoms with E-state index in [2.05, 4.69) is 21.9 Å². The molecule has 0 atom stereocenters. The number of rotatable bonds is 3. The predicted molar refractivity (Wildman–Crippen MR) is 95.3 cm³/mol. The van der Waals surface area contributed by atoms with Gasteiger partial charge in [0.2, 0.25) is 0 Å². The lowest BCUT2D eigenvalue weighted by Crippen LogP contribution is -2.29. The second kappa shape index (κ2) is 6.44. The molecule has 5 nitrogen and oxygen atoms in total. The second-order valence-corrected chi connectivity index (χ2v) is 6.64. The van der Waals surface area contributed by atoms with Gasteiger partial charge in [-0.15, -0.1) is 0 Å². The molecule has 0 spiro atoms. The normalized spacial score (nSPS) is 16.4. The van der Waals surface area contributed by atoms with E-state index >= 15 is 0 Å². The highest BCUT2D eigenvalue weighted by Gasteiger charge is 2.21. The zero-order valence-corrected chi connectivity index (χ0v) is 14.4. The van der Waals surface area contributed by atoms with Crippen LogP contribution in [0.25, 0.3) is 22.3 Å². The van der Waals surface area contributed by atoms with Crippen LogP contribution in [0, 0.1) is 5.82 Å². The van der Waals surface area contributed by atoms with Crippen molar-refractivity contribution in [2.45, 2.75) is 18.8 Å². The molecule has 0 bridgehead atoms. The molecule has 1 aromatic carbocycles. The summed E-state index contributed by atoms with van der Waals surface area (Å²) in [4.78, 5) is 14.9. The topological polar surface area (TPSA) is 54.0 Å². The largest absolute Gasteiger partial charge is 0.494 e. The zero-order valence-electron chi connectivity index (χ0n) is 14.4. The number of piperidine rings is 1. The van der Waals surface area contributed by atoms with E-state index in [9.17, 15) is 4.39 Å². The number of nitrogens with zero attached hydrogens (tertiary/aromatic N) is 3. The molecule has 1 saturated heterocycles. The third kappa shape index (κ3) is 3.09. The monoisotopic (exact) mass is 340 g/mol. The van der Waals surface area contributed by atoms with Gasteiger partial charge in [0.05, 0.1) is 24.3 Å². The summed E-state index contributed by atoms with van der Waals surface area (Å²) in [5, 5.41) is 0. The number of halogens is 1. The van der Waals surface area contributed by atoms with E-state index in [-0.39, 0.29) is 11.6 Å². The van der Waals surface area contributed by atoms with Crippen molar-refractivity contribution in [2.24, 2.45) is 0 Å². The predicted octanol–water partition coefficient (Wildman–Crippen LogP) is 3.58. The van der Waals surface area contributed by atoms with Crippen molar-refractivity contribution < 1.29 is 9.13 Å². The number of hydrogen-bond donors (Lipinski definition) is 1. The Balaban J connectivity index is 1.65. The van der Waals surface area contributed by atoms with Crippen LogP contribution in [0.1, 0.15) is 24.6 Å². The maximum atomic E-state index is 14.0. The number of aromatic nitrogens is 3. The minimum atomic E-state index is -0.378. The number of hydrogen-bond acceptors (Lipinski definition) is 4. The molecule has 3 heterocycles. The van der Waals surface area contributed by atoms with Crippen molar-refractivity contribution in [3.8, 4) is 17.0 Å². The van der Waals surface area contributed by atoms with Gasteiger partial charge in [-0.05, 0) is 57.2 Å². The van der Waals surface area contributed by atoms with Gasteiger partial charge in [0.15, 0.2) is 11.6 Å². The molecular formula is C19H21FN4O. The minimum Gasteiger partial charge on any atom is -0.494 e. The number of ether oxygens (including phenoxy) is 1. The third-order valence-electron chi connectivity index (χ3n) is 4.93. The van der Waals surface area contributed by atoms with E-state index < -0.39 is 0 Å². The van der Waals surface area contributed by atoms with Crippen molar-refractivity contribution >= 4 is 11.0 Å². The molecule has 25 heavy (non-hydrogen) atoms. The lowest BCUT2D eigenvalue weighted by atomic mass is 9.96. The molecule has 0 aliphatic carbocycles. The Hall–Kier alpha value is -2.47. The summed E-state index contributed by atoms with van der Waals surface area (Å²) >= 11 is 0. The van der Waals surface area contributed by atoms with Crippen LogP contribution in [0.4, 0.5) is 4.39 Å². The molecular weight excluding hydrogens is 319 g/mol. The molecule has 0 saturated carbocycles. The molecule has 0 radical (unpaired) electrons. The van der Waals surface area contributed by atoms with Crippen LogP contribution in [0.3, 0.4) is 0 Å². The smallest absolute Gasteiger partial charge is 0.165 e. The number of aromatic amines is 1. The highest BCUT2D eigenvalue weighted by Crippen LogP contribution is 2.29. The molecule has 3 aromatic rings. The van der Waals surface area contributed by atoms with Crippen LogP contribution in [-0.4, -0.2) is 47.1 Å². The fraction of sp³-hybridized carbons (Fsp3) is 0.368. The maximum Gasteiger partial charge on any atom is 0.165 e. The van der Waals surface area contributed by atoms with E-state index in [4.69, 9.17) is 9.72 Å². The van der Waals surface area contributed by atoms with Crippen LogP contribution >= 0.6 is 0 Å². The van der Waals surface area contributed by atoms with Crippen LogP contribution in [-0.2, 0) is 0 Å². The molecule has 1 fully saturated rings. The van der Waals surface area contributed by atoms with E-state index in [0.29, 0.717) is 5.92 Å². The molecule has 4 rings (SSSR count). The van der Waals surface area contributed by atoms with Crippen molar-refractivity contribution in [1.82, 2.24) is 19.9 Å². The Kier molecular flexibility index (Phi) is 4.13. The summed E-state index contributed by atoms with van der Waals surface area (Å²) in [5.41, 5.74) is 3.32. The van der Waals surface area contributed by atoms with Gasteiger partial charge in [-0.2, -0.15) is 0 Å². The average Bonchev–Trinajstić information content (AvgIpc) is 3.05. The number of methoxy groups -OCH3 is 1. The maximum absolute atomic E-state index is 14.0. The van der Waals surface area contributed by atoms with Crippen molar-refractivity contribution in [3.05, 3.63) is 42.1 Å². The highest BCUT2D eigenvalue weighted by molar-refractivity contribution is 5.82. The number of likely N-dealkylation sites (tertiary alicyclic amines) is 1. The van der Waals surface area contributed by atoms with Crippen LogP contribution < -0.4 is 4.74 Å². The molecule has 1 aliphatic rings. The SMILES string of the molecule is COc1ccc(-c2cc3nc(C4CCN(C)CC4)ncc3[nH]2)cc1F. The first-order chi connectivity index (χ1) is 12.1. The Morgan fingerprint density at radius 1 is 1.24 bits per heavy atom. The Bertz CT molecular complexity index is 900. The van der Waals surface area contributed by atoms with Gasteiger partial charge >= 0.3 is 0 Å². The lowest BCUT2D eigenvalue weighted by Gasteiger charge is -2.27. The average molecular weight is 340 g/mol. The first-order valence-electron chi connectivity index (χ1n) is 8.52. The van der Waals surface area contributed by atoms with Crippen LogP contribution in [0.15, 0.2) is 30.5 Å². The van der Waals surface area contributed by atoms with Gasteiger partial charge in [0.25, 0.3) is 0 Å². The van der Waals surface area contributed by atoms with E-state index in [0.717, 1.165) is 54.0 Å². The number of fused-ring (bicyclic) bond motifs is 1. The molecule has 1 N–H and O–H groups in total. The Morgan fingerprint density at radius 2 is 2.04 bits per heavy atom. The summed E-state index contributed by atoms with van der Waals surface area (Å²) in [5.74, 6) is 1.19. The van der Waals surface area contributed by atoms with Crippen molar-refractivity contribution in [3.63, 3.8) is 0 Å². The molecule has 2 aromatic heterocycles. The van der Waals surface area contributed by atoms with E-state index in [1.165, 1.54) is 13.2 Å². The molecule has 0 unspecified atom stereocenters. The second-order valence-electron chi connectivity index (χ2n) is 6.64. The van der Waals surface area contributed by atoms with Crippen molar-refractivity contribution in [2.75, 3.05) is 27.2 Å². The van der Waals surface area contributed by atoms with Crippen LogP contribution in [0.5, 0.6) is 5.75 Å². The quantitative estimate of drug-likeness (QED) is 0.792. The van der Waals surface area contributed by atoms with Gasteiger partial charge in [0, 0.05) is 17.2 Å². The van der Waals surface area contributed by atoms with Crippen molar-refractivity contribution in [1.29, 1.82) is 0 Å². The lowest BCUT2D eigenvalue weighted by molar-refractivity contribution is 0.251. The summed E-state index contributed by atoms with van der Waals surface area (Å²) in [6.45, 7) is 2.16. The molecule has 130 valence electrons. The summed E-state index contributed by atoms with van der Waals surface area (Å²) < 4.78 is 18.9. The summed E-state index contributed by atoms with van der Waals surface area (Å²) in [7, 11) is 3.61. The summed E-state index contributed by atoms with van der Waals surface area (Å²) in [6, 6.07) is 6.88. The van der Waals surface area contributed by atoms with E-state index in [1.807, 2.05) is 18.3 Å².